The third-order valence-electron chi connectivity index (χ3n) is 3.31. The molecule has 0 aliphatic carbocycles. The van der Waals surface area contributed by atoms with Crippen LogP contribution in [0.4, 0.5) is 13.2 Å². The molecule has 22 heavy (non-hydrogen) atoms. The van der Waals surface area contributed by atoms with Crippen LogP contribution in [0.3, 0.4) is 0 Å². The number of halogens is 4. The molecule has 1 unspecified atom stereocenters. The van der Waals surface area contributed by atoms with Crippen LogP contribution in [0.25, 0.3) is 10.9 Å². The second-order valence-corrected chi connectivity index (χ2v) is 5.10. The standard InChI is InChI=1S/C14H11ClF3NO3/c1-2-10(13(21)22)19-11-5-7(14(16,17)18)3-4-8(11)9(15)6-12(19)20/h3-6,10H,2H2,1H3,(H,21,22). The highest BCUT2D eigenvalue weighted by Crippen LogP contribution is 2.33. The maximum absolute atomic E-state index is 12.9. The van der Waals surface area contributed by atoms with E-state index in [-0.39, 0.29) is 22.3 Å². The number of carboxylic acid groups (broad SMARTS) is 1. The molecule has 1 heterocycles. The van der Waals surface area contributed by atoms with E-state index in [9.17, 15) is 27.9 Å². The number of aromatic nitrogens is 1. The third-order valence-corrected chi connectivity index (χ3v) is 3.63. The second kappa shape index (κ2) is 5.64. The Balaban J connectivity index is 2.90. The Bertz CT molecular complexity index is 798. The van der Waals surface area contributed by atoms with Crippen molar-refractivity contribution in [3.63, 3.8) is 0 Å². The van der Waals surface area contributed by atoms with Crippen molar-refractivity contribution in [3.8, 4) is 0 Å². The molecule has 0 amide bonds. The van der Waals surface area contributed by atoms with Crippen LogP contribution in [0.5, 0.6) is 0 Å². The molecule has 0 saturated carbocycles. The summed E-state index contributed by atoms with van der Waals surface area (Å²) in [5, 5.41) is 9.36. The minimum atomic E-state index is -4.61. The SMILES string of the molecule is CCC(C(=O)O)n1c(=O)cc(Cl)c2ccc(C(F)(F)F)cc21. The minimum absolute atomic E-state index is 0.0229. The highest BCUT2D eigenvalue weighted by Gasteiger charge is 2.31. The van der Waals surface area contributed by atoms with Gasteiger partial charge in [-0.2, -0.15) is 13.2 Å². The molecule has 2 rings (SSSR count). The largest absolute Gasteiger partial charge is 0.480 e. The van der Waals surface area contributed by atoms with E-state index in [0.29, 0.717) is 0 Å². The van der Waals surface area contributed by atoms with Gasteiger partial charge in [0.15, 0.2) is 0 Å². The minimum Gasteiger partial charge on any atom is -0.480 e. The van der Waals surface area contributed by atoms with Crippen molar-refractivity contribution in [3.05, 3.63) is 45.2 Å². The zero-order valence-corrected chi connectivity index (χ0v) is 12.1. The van der Waals surface area contributed by atoms with Crippen LogP contribution in [-0.2, 0) is 11.0 Å². The predicted molar refractivity (Wildman–Crippen MR) is 75.2 cm³/mol. The van der Waals surface area contributed by atoms with Gasteiger partial charge in [0, 0.05) is 11.5 Å². The summed E-state index contributed by atoms with van der Waals surface area (Å²) in [6.07, 6.45) is -4.56. The first-order chi connectivity index (χ1) is 10.2. The van der Waals surface area contributed by atoms with Crippen LogP contribution in [-0.4, -0.2) is 15.6 Å². The third kappa shape index (κ3) is 2.81. The van der Waals surface area contributed by atoms with Crippen LogP contribution in [0, 0.1) is 0 Å². The van der Waals surface area contributed by atoms with Crippen molar-refractivity contribution in [1.29, 1.82) is 0 Å². The molecule has 0 saturated heterocycles. The Morgan fingerprint density at radius 1 is 1.36 bits per heavy atom. The zero-order chi connectivity index (χ0) is 16.7. The molecule has 0 spiro atoms. The van der Waals surface area contributed by atoms with Crippen molar-refractivity contribution >= 4 is 28.5 Å². The fourth-order valence-corrected chi connectivity index (χ4v) is 2.53. The van der Waals surface area contributed by atoms with Crippen molar-refractivity contribution in [2.45, 2.75) is 25.6 Å². The van der Waals surface area contributed by atoms with Gasteiger partial charge in [0.25, 0.3) is 5.56 Å². The van der Waals surface area contributed by atoms with Crippen LogP contribution in [0.1, 0.15) is 24.9 Å². The molecule has 0 radical (unpaired) electrons. The molecule has 0 aliphatic heterocycles. The Hall–Kier alpha value is -2.02. The van der Waals surface area contributed by atoms with Gasteiger partial charge in [-0.1, -0.05) is 24.6 Å². The van der Waals surface area contributed by atoms with Gasteiger partial charge in [0.05, 0.1) is 16.1 Å². The van der Waals surface area contributed by atoms with Crippen LogP contribution in [0.15, 0.2) is 29.1 Å². The van der Waals surface area contributed by atoms with Crippen LogP contribution in [0.2, 0.25) is 5.02 Å². The summed E-state index contributed by atoms with van der Waals surface area (Å²) in [5.41, 5.74) is -1.89. The van der Waals surface area contributed by atoms with E-state index in [1.165, 1.54) is 6.92 Å². The fraction of sp³-hybridized carbons (Fsp3) is 0.286. The van der Waals surface area contributed by atoms with Gasteiger partial charge < -0.3 is 5.11 Å². The molecule has 0 bridgehead atoms. The maximum atomic E-state index is 12.9. The lowest BCUT2D eigenvalue weighted by Gasteiger charge is -2.18. The highest BCUT2D eigenvalue weighted by molar-refractivity contribution is 6.35. The molecule has 1 aromatic heterocycles. The molecular weight excluding hydrogens is 323 g/mol. The van der Waals surface area contributed by atoms with Crippen molar-refractivity contribution in [2.75, 3.05) is 0 Å². The number of alkyl halides is 3. The summed E-state index contributed by atoms with van der Waals surface area (Å²) in [4.78, 5) is 23.3. The topological polar surface area (TPSA) is 59.3 Å². The monoisotopic (exact) mass is 333 g/mol. The smallest absolute Gasteiger partial charge is 0.416 e. The molecule has 8 heteroatoms. The van der Waals surface area contributed by atoms with Gasteiger partial charge in [-0.25, -0.2) is 4.79 Å². The predicted octanol–water partition coefficient (Wildman–Crippen LogP) is 3.71. The number of benzene rings is 1. The summed E-state index contributed by atoms with van der Waals surface area (Å²) in [5.74, 6) is -1.30. The first-order valence-electron chi connectivity index (χ1n) is 6.31. The Kier molecular flexibility index (Phi) is 4.19. The van der Waals surface area contributed by atoms with E-state index in [4.69, 9.17) is 11.6 Å². The van der Waals surface area contributed by atoms with Gasteiger partial charge in [-0.15, -0.1) is 0 Å². The number of fused-ring (bicyclic) bond motifs is 1. The number of pyridine rings is 1. The summed E-state index contributed by atoms with van der Waals surface area (Å²) in [7, 11) is 0. The number of hydrogen-bond donors (Lipinski definition) is 1. The molecule has 0 fully saturated rings. The quantitative estimate of drug-likeness (QED) is 0.931. The number of hydrogen-bond acceptors (Lipinski definition) is 2. The maximum Gasteiger partial charge on any atom is 0.416 e. The number of nitrogens with zero attached hydrogens (tertiary/aromatic N) is 1. The van der Waals surface area contributed by atoms with Crippen LogP contribution < -0.4 is 5.56 Å². The fourth-order valence-electron chi connectivity index (χ4n) is 2.27. The van der Waals surface area contributed by atoms with E-state index in [2.05, 4.69) is 0 Å². The zero-order valence-electron chi connectivity index (χ0n) is 11.3. The van der Waals surface area contributed by atoms with Gasteiger partial charge in [0.2, 0.25) is 0 Å². The van der Waals surface area contributed by atoms with Crippen molar-refractivity contribution in [2.24, 2.45) is 0 Å². The lowest BCUT2D eigenvalue weighted by Crippen LogP contribution is -2.29. The molecule has 2 aromatic rings. The molecule has 1 aromatic carbocycles. The van der Waals surface area contributed by atoms with Crippen molar-refractivity contribution in [1.82, 2.24) is 4.57 Å². The van der Waals surface area contributed by atoms with E-state index < -0.39 is 29.3 Å². The number of rotatable bonds is 3. The normalized spacial score (nSPS) is 13.3. The van der Waals surface area contributed by atoms with Crippen molar-refractivity contribution < 1.29 is 23.1 Å². The average Bonchev–Trinajstić information content (AvgIpc) is 2.41. The summed E-state index contributed by atoms with van der Waals surface area (Å²) >= 11 is 5.89. The Morgan fingerprint density at radius 3 is 2.50 bits per heavy atom. The van der Waals surface area contributed by atoms with Crippen LogP contribution >= 0.6 is 11.6 Å². The Labute approximate surface area is 127 Å². The molecule has 1 N–H and O–H groups in total. The van der Waals surface area contributed by atoms with E-state index in [1.807, 2.05) is 0 Å². The number of carbonyl (C=O) groups is 1. The number of aliphatic carboxylic acids is 1. The highest BCUT2D eigenvalue weighted by atomic mass is 35.5. The number of carboxylic acids is 1. The lowest BCUT2D eigenvalue weighted by atomic mass is 10.1. The first-order valence-corrected chi connectivity index (χ1v) is 6.69. The summed E-state index contributed by atoms with van der Waals surface area (Å²) in [6, 6.07) is 2.45. The Morgan fingerprint density at radius 2 is 2.00 bits per heavy atom. The van der Waals surface area contributed by atoms with Gasteiger partial charge >= 0.3 is 12.1 Å². The summed E-state index contributed by atoms with van der Waals surface area (Å²) in [6.45, 7) is 1.53. The van der Waals surface area contributed by atoms with Gasteiger partial charge in [0.1, 0.15) is 6.04 Å². The molecule has 118 valence electrons. The molecule has 1 atom stereocenters. The lowest BCUT2D eigenvalue weighted by molar-refractivity contribution is -0.141. The molecule has 4 nitrogen and oxygen atoms in total. The second-order valence-electron chi connectivity index (χ2n) is 4.69. The molecular formula is C14H11ClF3NO3. The van der Waals surface area contributed by atoms with E-state index in [0.717, 1.165) is 28.8 Å². The average molecular weight is 334 g/mol. The van der Waals surface area contributed by atoms with E-state index in [1.54, 1.807) is 0 Å². The molecule has 0 aliphatic rings. The van der Waals surface area contributed by atoms with E-state index >= 15 is 0 Å². The van der Waals surface area contributed by atoms with Gasteiger partial charge in [-0.3, -0.25) is 9.36 Å². The first kappa shape index (κ1) is 16.4. The van der Waals surface area contributed by atoms with Gasteiger partial charge in [-0.05, 0) is 18.6 Å². The summed E-state index contributed by atoms with van der Waals surface area (Å²) < 4.78 is 39.4.